The Morgan fingerprint density at radius 3 is 2.34 bits per heavy atom. The quantitative estimate of drug-likeness (QED) is 0.535. The van der Waals surface area contributed by atoms with Crippen LogP contribution in [0.2, 0.25) is 0 Å². The lowest BCUT2D eigenvalue weighted by molar-refractivity contribution is 0.0946. The third-order valence-electron chi connectivity index (χ3n) is 4.80. The van der Waals surface area contributed by atoms with Gasteiger partial charge in [0.25, 0.3) is 15.9 Å². The van der Waals surface area contributed by atoms with Crippen molar-refractivity contribution in [2.24, 2.45) is 5.92 Å². The van der Waals surface area contributed by atoms with Crippen molar-refractivity contribution in [1.82, 2.24) is 15.1 Å². The first-order chi connectivity index (χ1) is 15.0. The summed E-state index contributed by atoms with van der Waals surface area (Å²) in [5.41, 5.74) is 2.55. The summed E-state index contributed by atoms with van der Waals surface area (Å²) in [6.07, 6.45) is 0. The number of anilines is 1. The van der Waals surface area contributed by atoms with Crippen LogP contribution in [0.15, 0.2) is 53.4 Å². The maximum Gasteiger partial charge on any atom is 0.261 e. The van der Waals surface area contributed by atoms with Gasteiger partial charge in [-0.25, -0.2) is 17.2 Å². The number of carbonyl (C=O) groups excluding carboxylic acids is 1. The van der Waals surface area contributed by atoms with Crippen molar-refractivity contribution in [3.8, 4) is 0 Å². The lowest BCUT2D eigenvalue weighted by Gasteiger charge is -2.14. The monoisotopic (exact) mass is 462 g/mol. The molecule has 10 heteroatoms. The zero-order chi connectivity index (χ0) is 23.5. The Morgan fingerprint density at radius 2 is 1.75 bits per heavy atom. The summed E-state index contributed by atoms with van der Waals surface area (Å²) in [4.78, 5) is 12.0. The molecule has 3 rings (SSSR count). The fourth-order valence-corrected chi connectivity index (χ4v) is 4.21. The number of rotatable bonds is 8. The molecule has 2 N–H and O–H groups in total. The van der Waals surface area contributed by atoms with Gasteiger partial charge in [0.15, 0.2) is 11.6 Å². The molecule has 1 unspecified atom stereocenters. The van der Waals surface area contributed by atoms with E-state index in [2.05, 4.69) is 15.1 Å². The number of sulfonamides is 1. The van der Waals surface area contributed by atoms with Crippen LogP contribution in [-0.2, 0) is 16.6 Å². The third kappa shape index (κ3) is 5.70. The molecule has 2 aromatic carbocycles. The van der Waals surface area contributed by atoms with Crippen molar-refractivity contribution >= 4 is 21.6 Å². The number of amides is 1. The minimum atomic E-state index is -4.10. The summed E-state index contributed by atoms with van der Waals surface area (Å²) < 4.78 is 55.3. The maximum atomic E-state index is 13.3. The summed E-state index contributed by atoms with van der Waals surface area (Å²) in [5.74, 6) is -2.53. The molecular formula is C22H24F2N4O3S. The molecule has 1 heterocycles. The fraction of sp³-hybridized carbons (Fsp3) is 0.273. The lowest BCUT2D eigenvalue weighted by atomic mass is 10.1. The molecule has 0 aliphatic heterocycles. The Hall–Kier alpha value is -3.27. The number of aryl methyl sites for hydroxylation is 2. The van der Waals surface area contributed by atoms with Gasteiger partial charge in [-0.05, 0) is 68.3 Å². The number of carbonyl (C=O) groups is 1. The molecule has 32 heavy (non-hydrogen) atoms. The molecule has 1 amide bonds. The van der Waals surface area contributed by atoms with Crippen LogP contribution < -0.4 is 10.0 Å². The standard InChI is InChI=1S/C22H24F2N4O3S/c1-14(13-28-16(3)10-15(2)26-28)12-25-22(29)17-4-6-18(7-5-17)27-32(30,31)19-8-9-20(23)21(24)11-19/h4-11,14,27H,12-13H2,1-3H3,(H,25,29). The van der Waals surface area contributed by atoms with E-state index in [1.807, 2.05) is 31.5 Å². The number of hydrogen-bond acceptors (Lipinski definition) is 4. The van der Waals surface area contributed by atoms with Crippen LogP contribution in [0.25, 0.3) is 0 Å². The first kappa shape index (κ1) is 23.4. The van der Waals surface area contributed by atoms with Gasteiger partial charge in [0.2, 0.25) is 0 Å². The second kappa shape index (κ2) is 9.47. The van der Waals surface area contributed by atoms with Crippen molar-refractivity contribution in [2.75, 3.05) is 11.3 Å². The van der Waals surface area contributed by atoms with Crippen LogP contribution in [0.5, 0.6) is 0 Å². The van der Waals surface area contributed by atoms with Gasteiger partial charge in [-0.1, -0.05) is 6.92 Å². The molecule has 0 saturated carbocycles. The van der Waals surface area contributed by atoms with E-state index in [9.17, 15) is 22.0 Å². The molecule has 0 radical (unpaired) electrons. The number of nitrogens with one attached hydrogen (secondary N) is 2. The first-order valence-electron chi connectivity index (χ1n) is 9.92. The lowest BCUT2D eigenvalue weighted by Crippen LogP contribution is -2.30. The molecular weight excluding hydrogens is 438 g/mol. The molecule has 0 spiro atoms. The van der Waals surface area contributed by atoms with Crippen LogP contribution in [0.1, 0.15) is 28.7 Å². The number of benzene rings is 2. The highest BCUT2D eigenvalue weighted by molar-refractivity contribution is 7.92. The molecule has 1 atom stereocenters. The second-order valence-corrected chi connectivity index (χ2v) is 9.37. The number of aromatic nitrogens is 2. The van der Waals surface area contributed by atoms with E-state index in [0.717, 1.165) is 23.5 Å². The smallest absolute Gasteiger partial charge is 0.261 e. The third-order valence-corrected chi connectivity index (χ3v) is 6.18. The summed E-state index contributed by atoms with van der Waals surface area (Å²) in [7, 11) is -4.10. The Morgan fingerprint density at radius 1 is 1.06 bits per heavy atom. The highest BCUT2D eigenvalue weighted by Gasteiger charge is 2.17. The van der Waals surface area contributed by atoms with E-state index in [1.165, 1.54) is 24.3 Å². The number of nitrogens with zero attached hydrogens (tertiary/aromatic N) is 2. The van der Waals surface area contributed by atoms with E-state index in [4.69, 9.17) is 0 Å². The van der Waals surface area contributed by atoms with Crippen LogP contribution in [-0.4, -0.2) is 30.7 Å². The summed E-state index contributed by atoms with van der Waals surface area (Å²) in [5, 5.41) is 7.27. The van der Waals surface area contributed by atoms with Gasteiger partial charge in [0, 0.05) is 30.0 Å². The predicted molar refractivity (Wildman–Crippen MR) is 117 cm³/mol. The molecule has 0 aliphatic carbocycles. The van der Waals surface area contributed by atoms with Gasteiger partial charge in [0.1, 0.15) is 0 Å². The van der Waals surface area contributed by atoms with Crippen LogP contribution in [0, 0.1) is 31.4 Å². The van der Waals surface area contributed by atoms with Crippen LogP contribution >= 0.6 is 0 Å². The minimum absolute atomic E-state index is 0.152. The highest BCUT2D eigenvalue weighted by atomic mass is 32.2. The van der Waals surface area contributed by atoms with Crippen molar-refractivity contribution in [2.45, 2.75) is 32.2 Å². The van der Waals surface area contributed by atoms with Crippen molar-refractivity contribution < 1.29 is 22.0 Å². The van der Waals surface area contributed by atoms with Gasteiger partial charge in [-0.2, -0.15) is 5.10 Å². The molecule has 7 nitrogen and oxygen atoms in total. The van der Waals surface area contributed by atoms with Crippen LogP contribution in [0.4, 0.5) is 14.5 Å². The summed E-state index contributed by atoms with van der Waals surface area (Å²) in [6.45, 7) is 7.03. The second-order valence-electron chi connectivity index (χ2n) is 7.68. The van der Waals surface area contributed by atoms with Gasteiger partial charge >= 0.3 is 0 Å². The zero-order valence-electron chi connectivity index (χ0n) is 17.9. The largest absolute Gasteiger partial charge is 0.352 e. The molecule has 0 aliphatic rings. The SMILES string of the molecule is Cc1cc(C)n(CC(C)CNC(=O)c2ccc(NS(=O)(=O)c3ccc(F)c(F)c3)cc2)n1. The molecule has 3 aromatic rings. The average molecular weight is 463 g/mol. The predicted octanol–water partition coefficient (Wildman–Crippen LogP) is 3.65. The molecule has 0 fully saturated rings. The number of halogens is 2. The molecule has 1 aromatic heterocycles. The number of hydrogen-bond donors (Lipinski definition) is 2. The Kier molecular flexibility index (Phi) is 6.93. The van der Waals surface area contributed by atoms with Gasteiger partial charge in [-0.3, -0.25) is 14.2 Å². The Balaban J connectivity index is 1.58. The van der Waals surface area contributed by atoms with Gasteiger partial charge < -0.3 is 5.32 Å². The van der Waals surface area contributed by atoms with Crippen molar-refractivity contribution in [3.63, 3.8) is 0 Å². The van der Waals surface area contributed by atoms with Crippen molar-refractivity contribution in [3.05, 3.63) is 77.1 Å². The Labute approximate surface area is 185 Å². The first-order valence-corrected chi connectivity index (χ1v) is 11.4. The zero-order valence-corrected chi connectivity index (χ0v) is 18.7. The normalized spacial score (nSPS) is 12.4. The van der Waals surface area contributed by atoms with Gasteiger partial charge in [-0.15, -0.1) is 0 Å². The molecule has 170 valence electrons. The summed E-state index contributed by atoms with van der Waals surface area (Å²) in [6, 6.07) is 10.1. The van der Waals surface area contributed by atoms with Crippen LogP contribution in [0.3, 0.4) is 0 Å². The van der Waals surface area contributed by atoms with E-state index in [-0.39, 0.29) is 17.5 Å². The molecule has 0 bridgehead atoms. The van der Waals surface area contributed by atoms with E-state index < -0.39 is 26.6 Å². The average Bonchev–Trinajstić information content (AvgIpc) is 3.05. The molecule has 0 saturated heterocycles. The highest BCUT2D eigenvalue weighted by Crippen LogP contribution is 2.19. The fourth-order valence-electron chi connectivity index (χ4n) is 3.14. The van der Waals surface area contributed by atoms with E-state index >= 15 is 0 Å². The van der Waals surface area contributed by atoms with E-state index in [0.29, 0.717) is 24.7 Å². The van der Waals surface area contributed by atoms with Gasteiger partial charge in [0.05, 0.1) is 10.6 Å². The summed E-state index contributed by atoms with van der Waals surface area (Å²) >= 11 is 0. The topological polar surface area (TPSA) is 93.1 Å². The Bertz CT molecular complexity index is 1220. The van der Waals surface area contributed by atoms with Crippen molar-refractivity contribution in [1.29, 1.82) is 0 Å². The maximum absolute atomic E-state index is 13.3. The van der Waals surface area contributed by atoms with E-state index in [1.54, 1.807) is 0 Å². The minimum Gasteiger partial charge on any atom is -0.352 e.